The van der Waals surface area contributed by atoms with E-state index in [1.54, 1.807) is 42.5 Å². The molecular weight excluding hydrogens is 745 g/mol. The number of pyridine rings is 1. The van der Waals surface area contributed by atoms with E-state index >= 15 is 0 Å². The second-order valence-corrected chi connectivity index (χ2v) is 14.4. The largest absolute Gasteiger partial charge is 0.480 e. The number of nitrogens with zero attached hydrogens (tertiary/aromatic N) is 1. The van der Waals surface area contributed by atoms with Crippen molar-refractivity contribution >= 4 is 52.5 Å². The van der Waals surface area contributed by atoms with E-state index in [4.69, 9.17) is 0 Å². The van der Waals surface area contributed by atoms with Crippen molar-refractivity contribution < 1.29 is 33.9 Å². The van der Waals surface area contributed by atoms with E-state index in [9.17, 15) is 33.9 Å². The molecule has 2 aliphatic heterocycles. The number of anilines is 1. The first-order valence-electron chi connectivity index (χ1n) is 18.3. The van der Waals surface area contributed by atoms with Crippen LogP contribution in [0.4, 0.5) is 5.69 Å². The third-order valence-corrected chi connectivity index (χ3v) is 9.83. The molecule has 3 aromatic carbocycles. The Kier molecular flexibility index (Phi) is 15.2. The monoisotopic (exact) mass is 788 g/mol. The van der Waals surface area contributed by atoms with Gasteiger partial charge in [-0.3, -0.25) is 29.0 Å². The maximum Gasteiger partial charge on any atom is 0.326 e. The van der Waals surface area contributed by atoms with Crippen LogP contribution in [0, 0.1) is 6.92 Å². The number of aryl methyl sites for hydroxylation is 1. The first-order valence-corrected chi connectivity index (χ1v) is 19.2. The summed E-state index contributed by atoms with van der Waals surface area (Å²) in [6.07, 6.45) is 2.87. The summed E-state index contributed by atoms with van der Waals surface area (Å²) in [5, 5.41) is 24.6. The number of fused-ring (bicyclic) bond motifs is 18. The van der Waals surface area contributed by atoms with E-state index in [2.05, 4.69) is 87.0 Å². The predicted molar refractivity (Wildman–Crippen MR) is 217 cm³/mol. The van der Waals surface area contributed by atoms with Gasteiger partial charge in [0.05, 0.1) is 6.54 Å². The highest BCUT2D eigenvalue weighted by molar-refractivity contribution is 7.09. The number of rotatable bonds is 6. The Hall–Kier alpha value is -6.67. The standard InChI is InChI=1S/C30H32N6O7S.C13H12/c37-25-7-8-26(38)34-23(16-21-2-1-13-44-21)28(40)32-17-27(39)35-22(14-19-9-11-31-12-10-19)29(41)36-24(30(42)43)15-18-3-5-20(33-25)6-4-18;1-11-7-9-13(10-8-11)12-5-3-2-4-6-12/h1-6,9-13,22-24H,7-8,14-17H2,(H,32,40)(H,33,37)(H,34,38)(H,35,39)(H,36,41)(H,42,43);2-10H,1H3/t22-,23+,24-;/m0./s1. The molecule has 7 rings (SSSR count). The molecule has 0 saturated carbocycles. The fraction of sp³-hybridized carbons (Fsp3) is 0.233. The number of carbonyl (C=O) groups is 6. The fourth-order valence-corrected chi connectivity index (χ4v) is 6.62. The number of aliphatic carboxylic acids is 1. The number of thiophene rings is 1. The molecular formula is C43H44N6O7S. The maximum absolute atomic E-state index is 13.3. The van der Waals surface area contributed by atoms with Crippen molar-refractivity contribution in [3.05, 3.63) is 142 Å². The van der Waals surface area contributed by atoms with Crippen LogP contribution in [-0.2, 0) is 48.0 Å². The van der Waals surface area contributed by atoms with Crippen molar-refractivity contribution in [3.8, 4) is 11.1 Å². The first-order chi connectivity index (χ1) is 27.5. The van der Waals surface area contributed by atoms with Crippen LogP contribution in [0.15, 0.2) is 121 Å². The number of carbonyl (C=O) groups excluding carboxylic acids is 5. The molecule has 2 aromatic heterocycles. The zero-order valence-electron chi connectivity index (χ0n) is 31.3. The van der Waals surface area contributed by atoms with Gasteiger partial charge in [-0.25, -0.2) is 4.79 Å². The van der Waals surface area contributed by atoms with Crippen LogP contribution in [0.5, 0.6) is 0 Å². The highest BCUT2D eigenvalue weighted by Crippen LogP contribution is 2.19. The molecule has 0 unspecified atom stereocenters. The molecule has 5 amide bonds. The van der Waals surface area contributed by atoms with Crippen molar-refractivity contribution in [1.82, 2.24) is 26.3 Å². The molecule has 4 heterocycles. The van der Waals surface area contributed by atoms with Gasteiger partial charge < -0.3 is 31.7 Å². The smallest absolute Gasteiger partial charge is 0.326 e. The first kappa shape index (κ1) is 41.5. The Bertz CT molecular complexity index is 2110. The highest BCUT2D eigenvalue weighted by Gasteiger charge is 2.28. The lowest BCUT2D eigenvalue weighted by Gasteiger charge is -2.22. The number of amides is 5. The number of aromatic nitrogens is 1. The number of benzene rings is 3. The molecule has 3 atom stereocenters. The van der Waals surface area contributed by atoms with Crippen molar-refractivity contribution in [1.29, 1.82) is 0 Å². The Morgan fingerprint density at radius 3 is 2.02 bits per heavy atom. The zero-order chi connectivity index (χ0) is 40.6. The average molecular weight is 789 g/mol. The van der Waals surface area contributed by atoms with Gasteiger partial charge in [0.15, 0.2) is 0 Å². The van der Waals surface area contributed by atoms with E-state index in [0.29, 0.717) is 16.8 Å². The third kappa shape index (κ3) is 13.5. The molecule has 6 N–H and O–H groups in total. The number of nitrogens with one attached hydrogen (secondary N) is 5. The molecule has 0 saturated heterocycles. The SMILES string of the molecule is Cc1ccc(-c2ccccc2)cc1.O=C1CCC(=O)N[C@H](Cc2cccs2)C(=O)NCC(=O)N[C@@H](Cc2ccncc2)C(=O)N[C@H](C(=O)O)Cc2ccc(cc2)N1. The molecule has 57 heavy (non-hydrogen) atoms. The van der Waals surface area contributed by atoms with E-state index < -0.39 is 60.2 Å². The lowest BCUT2D eigenvalue weighted by atomic mass is 10.0. The molecule has 2 bridgehead atoms. The predicted octanol–water partition coefficient (Wildman–Crippen LogP) is 4.22. The minimum absolute atomic E-state index is 0.0336. The van der Waals surface area contributed by atoms with Crippen LogP contribution >= 0.6 is 11.3 Å². The summed E-state index contributed by atoms with van der Waals surface area (Å²) in [4.78, 5) is 81.4. The molecule has 5 aromatic rings. The quantitative estimate of drug-likeness (QED) is 0.138. The van der Waals surface area contributed by atoms with Gasteiger partial charge in [-0.15, -0.1) is 11.3 Å². The van der Waals surface area contributed by atoms with Gasteiger partial charge in [-0.1, -0.05) is 78.4 Å². The number of hydrogen-bond acceptors (Lipinski definition) is 8. The van der Waals surface area contributed by atoms with Crippen LogP contribution in [0.3, 0.4) is 0 Å². The number of carboxylic acid groups (broad SMARTS) is 1. The summed E-state index contributed by atoms with van der Waals surface area (Å²) in [5.74, 6) is -4.27. The molecule has 0 aliphatic carbocycles. The van der Waals surface area contributed by atoms with Crippen LogP contribution in [-0.4, -0.2) is 70.3 Å². The lowest BCUT2D eigenvalue weighted by Crippen LogP contribution is -2.55. The normalized spacial score (nSPS) is 18.3. The summed E-state index contributed by atoms with van der Waals surface area (Å²) >= 11 is 1.40. The molecule has 2 aliphatic rings. The van der Waals surface area contributed by atoms with Crippen molar-refractivity contribution in [3.63, 3.8) is 0 Å². The summed E-state index contributed by atoms with van der Waals surface area (Å²) in [5.41, 5.74) is 5.55. The molecule has 294 valence electrons. The van der Waals surface area contributed by atoms with Gasteiger partial charge in [0, 0.05) is 55.1 Å². The van der Waals surface area contributed by atoms with Gasteiger partial charge in [-0.05, 0) is 64.9 Å². The van der Waals surface area contributed by atoms with Gasteiger partial charge in [0.1, 0.15) is 18.1 Å². The van der Waals surface area contributed by atoms with E-state index in [1.807, 2.05) is 17.5 Å². The van der Waals surface area contributed by atoms with Crippen molar-refractivity contribution in [2.24, 2.45) is 0 Å². The van der Waals surface area contributed by atoms with Gasteiger partial charge >= 0.3 is 5.97 Å². The second-order valence-electron chi connectivity index (χ2n) is 13.4. The van der Waals surface area contributed by atoms with Crippen LogP contribution in [0.25, 0.3) is 11.1 Å². The van der Waals surface area contributed by atoms with Crippen LogP contribution in [0.1, 0.15) is 34.4 Å². The van der Waals surface area contributed by atoms with Crippen molar-refractivity contribution in [2.75, 3.05) is 11.9 Å². The Labute approximate surface area is 334 Å². The minimum atomic E-state index is -1.32. The molecule has 0 spiro atoms. The fourth-order valence-electron chi connectivity index (χ4n) is 5.86. The van der Waals surface area contributed by atoms with Crippen molar-refractivity contribution in [2.45, 2.75) is 57.2 Å². The topological polar surface area (TPSA) is 196 Å². The maximum atomic E-state index is 13.3. The summed E-state index contributed by atoms with van der Waals surface area (Å²) in [7, 11) is 0. The summed E-state index contributed by atoms with van der Waals surface area (Å²) < 4.78 is 0. The number of carboxylic acids is 1. The Morgan fingerprint density at radius 2 is 1.35 bits per heavy atom. The minimum Gasteiger partial charge on any atom is -0.480 e. The molecule has 0 radical (unpaired) electrons. The Balaban J connectivity index is 0.000000400. The molecule has 0 fully saturated rings. The van der Waals surface area contributed by atoms with E-state index in [-0.39, 0.29) is 32.1 Å². The Morgan fingerprint density at radius 1 is 0.702 bits per heavy atom. The van der Waals surface area contributed by atoms with Crippen LogP contribution in [0.2, 0.25) is 0 Å². The highest BCUT2D eigenvalue weighted by atomic mass is 32.1. The van der Waals surface area contributed by atoms with Gasteiger partial charge in [-0.2, -0.15) is 0 Å². The number of hydrogen-bond donors (Lipinski definition) is 6. The summed E-state index contributed by atoms with van der Waals surface area (Å²) in [6.45, 7) is 1.60. The van der Waals surface area contributed by atoms with Crippen LogP contribution < -0.4 is 26.6 Å². The molecule has 13 nitrogen and oxygen atoms in total. The van der Waals surface area contributed by atoms with E-state index in [1.165, 1.54) is 40.4 Å². The van der Waals surface area contributed by atoms with Gasteiger partial charge in [0.2, 0.25) is 29.5 Å². The molecule has 14 heteroatoms. The lowest BCUT2D eigenvalue weighted by molar-refractivity contribution is -0.142. The summed E-state index contributed by atoms with van der Waals surface area (Å²) in [6, 6.07) is 28.9. The second kappa shape index (κ2) is 20.9. The third-order valence-electron chi connectivity index (χ3n) is 8.93. The van der Waals surface area contributed by atoms with E-state index in [0.717, 1.165) is 4.88 Å². The van der Waals surface area contributed by atoms with Gasteiger partial charge in [0.25, 0.3) is 0 Å². The average Bonchev–Trinajstić information content (AvgIpc) is 3.73. The zero-order valence-corrected chi connectivity index (χ0v) is 32.1.